The number of nitrogens with zero attached hydrogens (tertiary/aromatic N) is 1. The van der Waals surface area contributed by atoms with Gasteiger partial charge in [0.2, 0.25) is 0 Å². The van der Waals surface area contributed by atoms with Crippen LogP contribution >= 0.6 is 0 Å². The molecule has 0 aliphatic carbocycles. The Bertz CT molecular complexity index is 438. The molecule has 1 aromatic rings. The number of quaternary nitrogens is 1. The van der Waals surface area contributed by atoms with Crippen LogP contribution in [-0.4, -0.2) is 37.5 Å². The topological polar surface area (TPSA) is 43.4 Å². The fourth-order valence-corrected chi connectivity index (χ4v) is 1.37. The van der Waals surface area contributed by atoms with Crippen molar-refractivity contribution in [3.8, 4) is 5.75 Å². The molecule has 4 heteroatoms. The molecular weight excluding hydrogens is 218 g/mol. The number of ether oxygens (including phenoxy) is 1. The fourth-order valence-electron chi connectivity index (χ4n) is 1.37. The van der Waals surface area contributed by atoms with Crippen LogP contribution in [0.4, 0.5) is 0 Å². The number of amides is 1. The zero-order valence-corrected chi connectivity index (χ0v) is 10.9. The van der Waals surface area contributed by atoms with Gasteiger partial charge >= 0.3 is 11.9 Å². The van der Waals surface area contributed by atoms with Crippen molar-refractivity contribution in [1.29, 1.82) is 0 Å². The average molecular weight is 236 g/mol. The van der Waals surface area contributed by atoms with Crippen molar-refractivity contribution in [2.75, 3.05) is 21.1 Å². The first-order valence-electron chi connectivity index (χ1n) is 5.38. The van der Waals surface area contributed by atoms with Gasteiger partial charge in [-0.05, 0) is 25.0 Å². The number of benzene rings is 1. The van der Waals surface area contributed by atoms with Gasteiger partial charge in [0.25, 0.3) is 0 Å². The molecular formula is C13H18NO3+. The Morgan fingerprint density at radius 2 is 1.53 bits per heavy atom. The van der Waals surface area contributed by atoms with Crippen molar-refractivity contribution in [1.82, 2.24) is 0 Å². The molecule has 1 amide bonds. The van der Waals surface area contributed by atoms with Gasteiger partial charge in [-0.2, -0.15) is 0 Å². The summed E-state index contributed by atoms with van der Waals surface area (Å²) in [6.45, 7) is 3.68. The van der Waals surface area contributed by atoms with Crippen molar-refractivity contribution in [3.05, 3.63) is 29.3 Å². The van der Waals surface area contributed by atoms with Crippen molar-refractivity contribution >= 4 is 11.9 Å². The van der Waals surface area contributed by atoms with Crippen LogP contribution in [0, 0.1) is 13.8 Å². The van der Waals surface area contributed by atoms with Gasteiger partial charge < -0.3 is 4.74 Å². The molecule has 0 spiro atoms. The van der Waals surface area contributed by atoms with Crippen molar-refractivity contribution in [2.45, 2.75) is 13.8 Å². The highest BCUT2D eigenvalue weighted by atomic mass is 16.5. The number of carbonyl (C=O) groups is 2. The van der Waals surface area contributed by atoms with Gasteiger partial charge in [-0.3, -0.25) is 4.48 Å². The second-order valence-electron chi connectivity index (χ2n) is 4.93. The highest BCUT2D eigenvalue weighted by molar-refractivity contribution is 6.29. The lowest BCUT2D eigenvalue weighted by atomic mass is 10.1. The molecule has 17 heavy (non-hydrogen) atoms. The van der Waals surface area contributed by atoms with E-state index in [-0.39, 0.29) is 4.48 Å². The fraction of sp³-hybridized carbons (Fsp3) is 0.385. The predicted octanol–water partition coefficient (Wildman–Crippen LogP) is 1.44. The number of hydrogen-bond donors (Lipinski definition) is 0. The number of para-hydroxylation sites is 1. The van der Waals surface area contributed by atoms with Gasteiger partial charge in [0.15, 0.2) is 0 Å². The maximum atomic E-state index is 11.7. The SMILES string of the molecule is Cc1cccc(C)c1OC(=O)C(=O)[N+](C)(C)C. The van der Waals surface area contributed by atoms with Crippen LogP contribution in [0.3, 0.4) is 0 Å². The summed E-state index contributed by atoms with van der Waals surface area (Å²) in [5, 5.41) is 0. The summed E-state index contributed by atoms with van der Waals surface area (Å²) < 4.78 is 5.08. The van der Waals surface area contributed by atoms with Gasteiger partial charge in [-0.15, -0.1) is 0 Å². The molecule has 92 valence electrons. The molecule has 0 aliphatic rings. The van der Waals surface area contributed by atoms with Crippen LogP contribution < -0.4 is 4.74 Å². The van der Waals surface area contributed by atoms with Gasteiger partial charge in [0.1, 0.15) is 5.75 Å². The van der Waals surface area contributed by atoms with E-state index in [9.17, 15) is 9.59 Å². The Labute approximate surface area is 101 Å². The molecule has 0 aromatic heterocycles. The number of hydrogen-bond acceptors (Lipinski definition) is 3. The summed E-state index contributed by atoms with van der Waals surface area (Å²) in [5.41, 5.74) is 1.68. The standard InChI is InChI=1S/C13H18NO3/c1-9-7-6-8-10(2)11(9)17-13(16)12(15)14(3,4)5/h6-8H,1-5H3/q+1. The van der Waals surface area contributed by atoms with Gasteiger partial charge in [-0.1, -0.05) is 18.2 Å². The molecule has 0 heterocycles. The molecule has 0 saturated carbocycles. The molecule has 0 bridgehead atoms. The lowest BCUT2D eigenvalue weighted by Gasteiger charge is -2.19. The van der Waals surface area contributed by atoms with E-state index in [0.717, 1.165) is 11.1 Å². The number of aryl methyl sites for hydroxylation is 2. The van der Waals surface area contributed by atoms with Gasteiger partial charge in [0, 0.05) is 0 Å². The first kappa shape index (κ1) is 13.4. The molecule has 0 radical (unpaired) electrons. The smallest absolute Gasteiger partial charge is 0.416 e. The average Bonchev–Trinajstić information content (AvgIpc) is 2.21. The highest BCUT2D eigenvalue weighted by Gasteiger charge is 2.31. The molecule has 4 nitrogen and oxygen atoms in total. The van der Waals surface area contributed by atoms with E-state index >= 15 is 0 Å². The maximum Gasteiger partial charge on any atom is 0.442 e. The molecule has 0 N–H and O–H groups in total. The Morgan fingerprint density at radius 3 is 1.94 bits per heavy atom. The third-order valence-electron chi connectivity index (χ3n) is 2.39. The minimum atomic E-state index is -0.824. The van der Waals surface area contributed by atoms with Crippen LogP contribution in [-0.2, 0) is 9.59 Å². The Morgan fingerprint density at radius 1 is 1.06 bits per heavy atom. The lowest BCUT2D eigenvalue weighted by Crippen LogP contribution is -2.47. The Balaban J connectivity index is 2.93. The lowest BCUT2D eigenvalue weighted by molar-refractivity contribution is -0.788. The number of esters is 1. The van der Waals surface area contributed by atoms with Gasteiger partial charge in [0.05, 0.1) is 21.1 Å². The molecule has 0 atom stereocenters. The molecule has 0 fully saturated rings. The predicted molar refractivity (Wildman–Crippen MR) is 64.6 cm³/mol. The van der Waals surface area contributed by atoms with E-state index in [1.165, 1.54) is 0 Å². The normalized spacial score (nSPS) is 11.1. The molecule has 0 saturated heterocycles. The largest absolute Gasteiger partial charge is 0.442 e. The summed E-state index contributed by atoms with van der Waals surface area (Å²) in [5.74, 6) is -0.929. The molecule has 0 unspecified atom stereocenters. The van der Waals surface area contributed by atoms with Crippen molar-refractivity contribution in [2.24, 2.45) is 0 Å². The molecule has 1 aromatic carbocycles. The second-order valence-corrected chi connectivity index (χ2v) is 4.93. The second kappa shape index (κ2) is 4.67. The molecule has 1 rings (SSSR count). The van der Waals surface area contributed by atoms with E-state index in [4.69, 9.17) is 4.74 Å². The summed E-state index contributed by atoms with van der Waals surface area (Å²) in [6.07, 6.45) is 0. The van der Waals surface area contributed by atoms with E-state index in [1.54, 1.807) is 21.1 Å². The minimum Gasteiger partial charge on any atom is -0.416 e. The first-order chi connectivity index (χ1) is 7.73. The Hall–Kier alpha value is -1.68. The third kappa shape index (κ3) is 3.14. The quantitative estimate of drug-likeness (QED) is 0.321. The van der Waals surface area contributed by atoms with E-state index < -0.39 is 11.9 Å². The van der Waals surface area contributed by atoms with Gasteiger partial charge in [-0.25, -0.2) is 9.59 Å². The summed E-state index contributed by atoms with van der Waals surface area (Å²) in [4.78, 5) is 23.4. The highest BCUT2D eigenvalue weighted by Crippen LogP contribution is 2.22. The van der Waals surface area contributed by atoms with E-state index in [0.29, 0.717) is 5.75 Å². The third-order valence-corrected chi connectivity index (χ3v) is 2.39. The van der Waals surface area contributed by atoms with Crippen LogP contribution in [0.5, 0.6) is 5.75 Å². The van der Waals surface area contributed by atoms with Crippen LogP contribution in [0.2, 0.25) is 0 Å². The molecule has 0 aliphatic heterocycles. The number of carbonyl (C=O) groups excluding carboxylic acids is 2. The maximum absolute atomic E-state index is 11.7. The summed E-state index contributed by atoms with van der Waals surface area (Å²) >= 11 is 0. The van der Waals surface area contributed by atoms with Crippen molar-refractivity contribution < 1.29 is 18.8 Å². The van der Waals surface area contributed by atoms with Crippen molar-refractivity contribution in [3.63, 3.8) is 0 Å². The summed E-state index contributed by atoms with van der Waals surface area (Å²) in [7, 11) is 4.90. The number of likely N-dealkylation sites (N-methyl/N-ethyl adjacent to an activating group) is 1. The monoisotopic (exact) mass is 236 g/mol. The zero-order valence-electron chi connectivity index (χ0n) is 10.9. The summed E-state index contributed by atoms with van der Waals surface area (Å²) in [6, 6.07) is 5.56. The zero-order chi connectivity index (χ0) is 13.2. The minimum absolute atomic E-state index is 0.0796. The number of rotatable bonds is 1. The van der Waals surface area contributed by atoms with E-state index in [2.05, 4.69) is 0 Å². The Kier molecular flexibility index (Phi) is 3.68. The van der Waals surface area contributed by atoms with E-state index in [1.807, 2.05) is 32.0 Å². The van der Waals surface area contributed by atoms with Crippen LogP contribution in [0.25, 0.3) is 0 Å². The first-order valence-corrected chi connectivity index (χ1v) is 5.38. The van der Waals surface area contributed by atoms with Crippen LogP contribution in [0.15, 0.2) is 18.2 Å². The van der Waals surface area contributed by atoms with Crippen LogP contribution in [0.1, 0.15) is 11.1 Å².